The summed E-state index contributed by atoms with van der Waals surface area (Å²) >= 11 is 0. The van der Waals surface area contributed by atoms with Gasteiger partial charge >= 0.3 is 0 Å². The third-order valence-corrected chi connectivity index (χ3v) is 4.29. The number of nitrogens with zero attached hydrogens (tertiary/aromatic N) is 3. The molecule has 126 valence electrons. The van der Waals surface area contributed by atoms with E-state index >= 15 is 0 Å². The highest BCUT2D eigenvalue weighted by atomic mass is 16.3. The van der Waals surface area contributed by atoms with E-state index in [1.165, 1.54) is 6.33 Å². The summed E-state index contributed by atoms with van der Waals surface area (Å²) in [5.41, 5.74) is 3.92. The maximum atomic E-state index is 13.1. The van der Waals surface area contributed by atoms with Crippen molar-refractivity contribution < 1.29 is 9.21 Å². The number of para-hydroxylation sites is 1. The van der Waals surface area contributed by atoms with E-state index in [4.69, 9.17) is 4.42 Å². The highest BCUT2D eigenvalue weighted by molar-refractivity contribution is 6.06. The number of hydrogen-bond acceptors (Lipinski definition) is 5. The van der Waals surface area contributed by atoms with Gasteiger partial charge in [0, 0.05) is 16.9 Å². The summed E-state index contributed by atoms with van der Waals surface area (Å²) in [6, 6.07) is 9.10. The minimum Gasteiger partial charge on any atom is -0.472 e. The predicted molar refractivity (Wildman–Crippen MR) is 93.0 cm³/mol. The summed E-state index contributed by atoms with van der Waals surface area (Å²) in [6.07, 6.45) is 4.67. The van der Waals surface area contributed by atoms with Gasteiger partial charge in [0.2, 0.25) is 5.95 Å². The quantitative estimate of drug-likeness (QED) is 0.768. The van der Waals surface area contributed by atoms with Gasteiger partial charge in [0.25, 0.3) is 5.91 Å². The Morgan fingerprint density at radius 2 is 2.12 bits per heavy atom. The molecule has 7 nitrogen and oxygen atoms in total. The van der Waals surface area contributed by atoms with Crippen molar-refractivity contribution in [3.05, 3.63) is 71.6 Å². The van der Waals surface area contributed by atoms with E-state index in [0.29, 0.717) is 11.5 Å². The molecule has 2 aromatic heterocycles. The first-order valence-corrected chi connectivity index (χ1v) is 7.91. The van der Waals surface area contributed by atoms with Crippen LogP contribution in [0.3, 0.4) is 0 Å². The Kier molecular flexibility index (Phi) is 3.61. The van der Waals surface area contributed by atoms with Gasteiger partial charge in [-0.1, -0.05) is 18.2 Å². The van der Waals surface area contributed by atoms with E-state index < -0.39 is 6.04 Å². The average molecular weight is 335 g/mol. The van der Waals surface area contributed by atoms with Gasteiger partial charge in [0.05, 0.1) is 18.1 Å². The van der Waals surface area contributed by atoms with Crippen LogP contribution in [0, 0.1) is 6.92 Å². The van der Waals surface area contributed by atoms with Crippen molar-refractivity contribution in [1.29, 1.82) is 0 Å². The van der Waals surface area contributed by atoms with Crippen LogP contribution in [0.1, 0.15) is 24.1 Å². The molecule has 0 unspecified atom stereocenters. The van der Waals surface area contributed by atoms with Gasteiger partial charge in [-0.15, -0.1) is 0 Å². The number of aromatic nitrogens is 3. The highest BCUT2D eigenvalue weighted by Gasteiger charge is 2.34. The van der Waals surface area contributed by atoms with Crippen LogP contribution in [-0.2, 0) is 4.79 Å². The number of aryl methyl sites for hydroxylation is 1. The molecule has 1 aliphatic rings. The predicted octanol–water partition coefficient (Wildman–Crippen LogP) is 3.11. The summed E-state index contributed by atoms with van der Waals surface area (Å²) in [6.45, 7) is 3.82. The monoisotopic (exact) mass is 335 g/mol. The summed E-state index contributed by atoms with van der Waals surface area (Å²) in [7, 11) is 0. The zero-order valence-corrected chi connectivity index (χ0v) is 13.9. The first-order chi connectivity index (χ1) is 12.1. The Morgan fingerprint density at radius 1 is 1.28 bits per heavy atom. The van der Waals surface area contributed by atoms with Crippen LogP contribution in [-0.4, -0.2) is 20.7 Å². The van der Waals surface area contributed by atoms with Crippen LogP contribution in [0.25, 0.3) is 0 Å². The number of allylic oxidation sites excluding steroid dienone is 1. The standard InChI is InChI=1S/C18H17N5O2/c1-11-5-3-4-6-14(11)22-17(24)15-12(2)21-18-19-10-20-23(18)16(15)13-7-8-25-9-13/h3-10,16H,1-2H3,(H,22,24)(H,19,20,21)/t16-/m1/s1. The average Bonchev–Trinajstić information content (AvgIpc) is 3.26. The number of fused-ring (bicyclic) bond motifs is 1. The Morgan fingerprint density at radius 3 is 2.88 bits per heavy atom. The molecule has 0 fully saturated rings. The van der Waals surface area contributed by atoms with Gasteiger partial charge in [-0.05, 0) is 31.5 Å². The zero-order chi connectivity index (χ0) is 17.4. The molecule has 3 heterocycles. The topological polar surface area (TPSA) is 85.0 Å². The Bertz CT molecular complexity index is 956. The van der Waals surface area contributed by atoms with Gasteiger partial charge in [-0.2, -0.15) is 10.1 Å². The number of benzene rings is 1. The fraction of sp³-hybridized carbons (Fsp3) is 0.167. The van der Waals surface area contributed by atoms with E-state index in [1.807, 2.05) is 44.2 Å². The Balaban J connectivity index is 1.76. The highest BCUT2D eigenvalue weighted by Crippen LogP contribution is 2.35. The second kappa shape index (κ2) is 5.94. The van der Waals surface area contributed by atoms with Crippen LogP contribution in [0.4, 0.5) is 11.6 Å². The Labute approximate surface area is 144 Å². The number of nitrogens with one attached hydrogen (secondary N) is 2. The third-order valence-electron chi connectivity index (χ3n) is 4.29. The van der Waals surface area contributed by atoms with Gasteiger partial charge in [-0.3, -0.25) is 4.79 Å². The van der Waals surface area contributed by atoms with Crippen molar-refractivity contribution >= 4 is 17.5 Å². The summed E-state index contributed by atoms with van der Waals surface area (Å²) in [5.74, 6) is 0.405. The normalized spacial score (nSPS) is 16.3. The lowest BCUT2D eigenvalue weighted by molar-refractivity contribution is -0.113. The summed E-state index contributed by atoms with van der Waals surface area (Å²) in [5, 5.41) is 10.4. The Hall–Kier alpha value is -3.35. The molecular formula is C18H17N5O2. The first-order valence-electron chi connectivity index (χ1n) is 7.91. The van der Waals surface area contributed by atoms with Crippen LogP contribution >= 0.6 is 0 Å². The van der Waals surface area contributed by atoms with E-state index in [2.05, 4.69) is 20.7 Å². The number of carbonyl (C=O) groups excluding carboxylic acids is 1. The molecule has 0 saturated carbocycles. The molecule has 0 saturated heterocycles. The number of amides is 1. The molecule has 1 aliphatic heterocycles. The van der Waals surface area contributed by atoms with Crippen molar-refractivity contribution in [3.8, 4) is 0 Å². The van der Waals surface area contributed by atoms with Gasteiger partial charge in [0.15, 0.2) is 0 Å². The van der Waals surface area contributed by atoms with E-state index in [0.717, 1.165) is 22.5 Å². The largest absolute Gasteiger partial charge is 0.472 e. The molecule has 0 bridgehead atoms. The number of hydrogen-bond donors (Lipinski definition) is 2. The van der Waals surface area contributed by atoms with Gasteiger partial charge in [0.1, 0.15) is 12.4 Å². The smallest absolute Gasteiger partial charge is 0.255 e. The molecule has 0 aliphatic carbocycles. The summed E-state index contributed by atoms with van der Waals surface area (Å²) < 4.78 is 6.91. The zero-order valence-electron chi connectivity index (χ0n) is 13.9. The fourth-order valence-corrected chi connectivity index (χ4v) is 3.03. The molecular weight excluding hydrogens is 318 g/mol. The van der Waals surface area contributed by atoms with Crippen molar-refractivity contribution in [1.82, 2.24) is 14.8 Å². The van der Waals surface area contributed by atoms with Crippen molar-refractivity contribution in [2.75, 3.05) is 10.6 Å². The maximum absolute atomic E-state index is 13.1. The molecule has 25 heavy (non-hydrogen) atoms. The third kappa shape index (κ3) is 2.59. The number of anilines is 2. The minimum atomic E-state index is -0.401. The lowest BCUT2D eigenvalue weighted by atomic mass is 9.97. The molecule has 1 atom stereocenters. The lowest BCUT2D eigenvalue weighted by Gasteiger charge is -2.27. The van der Waals surface area contributed by atoms with Crippen LogP contribution in [0.5, 0.6) is 0 Å². The number of rotatable bonds is 3. The summed E-state index contributed by atoms with van der Waals surface area (Å²) in [4.78, 5) is 17.3. The lowest BCUT2D eigenvalue weighted by Crippen LogP contribution is -2.31. The number of carbonyl (C=O) groups is 1. The minimum absolute atomic E-state index is 0.188. The van der Waals surface area contributed by atoms with Crippen LogP contribution in [0.2, 0.25) is 0 Å². The number of furan rings is 1. The first kappa shape index (κ1) is 15.2. The molecule has 0 radical (unpaired) electrons. The second-order valence-electron chi connectivity index (χ2n) is 5.92. The molecule has 2 N–H and O–H groups in total. The van der Waals surface area contributed by atoms with E-state index in [-0.39, 0.29) is 5.91 Å². The molecule has 4 rings (SSSR count). The molecule has 1 amide bonds. The van der Waals surface area contributed by atoms with Gasteiger partial charge < -0.3 is 15.1 Å². The van der Waals surface area contributed by atoms with E-state index in [1.54, 1.807) is 17.2 Å². The van der Waals surface area contributed by atoms with Crippen molar-refractivity contribution in [2.45, 2.75) is 19.9 Å². The van der Waals surface area contributed by atoms with Crippen LogP contribution < -0.4 is 10.6 Å². The SMILES string of the molecule is CC1=C(C(=O)Nc2ccccc2C)[C@@H](c2ccoc2)n2ncnc2N1. The molecule has 7 heteroatoms. The fourth-order valence-electron chi connectivity index (χ4n) is 3.03. The van der Waals surface area contributed by atoms with Crippen molar-refractivity contribution in [3.63, 3.8) is 0 Å². The molecule has 1 aromatic carbocycles. The molecule has 3 aromatic rings. The van der Waals surface area contributed by atoms with Gasteiger partial charge in [-0.25, -0.2) is 4.68 Å². The van der Waals surface area contributed by atoms with E-state index in [9.17, 15) is 4.79 Å². The molecule has 0 spiro atoms. The maximum Gasteiger partial charge on any atom is 0.255 e. The van der Waals surface area contributed by atoms with Crippen molar-refractivity contribution in [2.24, 2.45) is 0 Å². The van der Waals surface area contributed by atoms with Crippen LogP contribution in [0.15, 0.2) is 64.9 Å². The second-order valence-corrected chi connectivity index (χ2v) is 5.92.